The molecule has 1 aromatic heterocycles. The molecule has 2 rings (SSSR count). The number of benzene rings is 1. The minimum atomic E-state index is 0. The number of hydrogen-bond acceptors (Lipinski definition) is 2. The first kappa shape index (κ1) is 19.5. The van der Waals surface area contributed by atoms with Gasteiger partial charge >= 0.3 is 0 Å². The highest BCUT2D eigenvalue weighted by Gasteiger charge is 2.05. The van der Waals surface area contributed by atoms with Gasteiger partial charge in [0.25, 0.3) is 0 Å². The van der Waals surface area contributed by atoms with Crippen LogP contribution in [0.1, 0.15) is 32.8 Å². The van der Waals surface area contributed by atoms with Gasteiger partial charge < -0.3 is 15.2 Å². The van der Waals surface area contributed by atoms with Crippen LogP contribution in [0, 0.1) is 0 Å². The molecule has 0 aliphatic heterocycles. The summed E-state index contributed by atoms with van der Waals surface area (Å²) in [6.45, 7) is 7.88. The molecule has 0 spiro atoms. The Morgan fingerprint density at radius 1 is 1.30 bits per heavy atom. The van der Waals surface area contributed by atoms with Crippen molar-refractivity contribution in [3.05, 3.63) is 48.5 Å². The van der Waals surface area contributed by atoms with Gasteiger partial charge in [-0.3, -0.25) is 0 Å². The number of nitrogens with one attached hydrogen (secondary N) is 2. The number of rotatable bonds is 6. The van der Waals surface area contributed by atoms with Crippen LogP contribution in [0.2, 0.25) is 0 Å². The molecule has 0 radical (unpaired) electrons. The summed E-state index contributed by atoms with van der Waals surface area (Å²) in [6, 6.07) is 8.67. The van der Waals surface area contributed by atoms with E-state index in [0.29, 0.717) is 12.6 Å². The molecule has 0 aliphatic carbocycles. The summed E-state index contributed by atoms with van der Waals surface area (Å²) >= 11 is 0. The normalized spacial score (nSPS) is 12.4. The quantitative estimate of drug-likeness (QED) is 0.423. The van der Waals surface area contributed by atoms with Gasteiger partial charge in [-0.15, -0.1) is 24.0 Å². The van der Waals surface area contributed by atoms with Crippen LogP contribution in [-0.4, -0.2) is 28.1 Å². The zero-order chi connectivity index (χ0) is 15.8. The van der Waals surface area contributed by atoms with E-state index in [0.717, 1.165) is 24.6 Å². The summed E-state index contributed by atoms with van der Waals surface area (Å²) in [7, 11) is 0. The SMILES string of the molecule is CCNC(=NCc1ccccc1-n1ccnc1)NC(C)CC.I. The monoisotopic (exact) mass is 427 g/mol. The second-order valence-electron chi connectivity index (χ2n) is 5.25. The molecule has 1 atom stereocenters. The highest BCUT2D eigenvalue weighted by molar-refractivity contribution is 14.0. The van der Waals surface area contributed by atoms with Crippen molar-refractivity contribution < 1.29 is 0 Å². The van der Waals surface area contributed by atoms with Gasteiger partial charge in [0.15, 0.2) is 5.96 Å². The molecular weight excluding hydrogens is 401 g/mol. The topological polar surface area (TPSA) is 54.2 Å². The Labute approximate surface area is 155 Å². The molecule has 0 saturated carbocycles. The van der Waals surface area contributed by atoms with E-state index in [9.17, 15) is 0 Å². The molecule has 0 saturated heterocycles. The lowest BCUT2D eigenvalue weighted by molar-refractivity contribution is 0.624. The maximum absolute atomic E-state index is 4.70. The van der Waals surface area contributed by atoms with Crippen molar-refractivity contribution in [2.45, 2.75) is 39.8 Å². The fourth-order valence-electron chi connectivity index (χ4n) is 2.12. The lowest BCUT2D eigenvalue weighted by Crippen LogP contribution is -2.41. The highest BCUT2D eigenvalue weighted by atomic mass is 127. The molecule has 5 nitrogen and oxygen atoms in total. The van der Waals surface area contributed by atoms with Crippen molar-refractivity contribution in [2.24, 2.45) is 4.99 Å². The smallest absolute Gasteiger partial charge is 0.191 e. The fraction of sp³-hybridized carbons (Fsp3) is 0.412. The van der Waals surface area contributed by atoms with Crippen LogP contribution in [0.4, 0.5) is 0 Å². The Bertz CT molecular complexity index is 595. The molecule has 0 bridgehead atoms. The van der Waals surface area contributed by atoms with Gasteiger partial charge in [0, 0.05) is 25.0 Å². The van der Waals surface area contributed by atoms with Crippen molar-refractivity contribution >= 4 is 29.9 Å². The molecule has 6 heteroatoms. The third-order valence-electron chi connectivity index (χ3n) is 3.52. The number of imidazole rings is 1. The van der Waals surface area contributed by atoms with Crippen LogP contribution in [0.25, 0.3) is 5.69 Å². The second kappa shape index (κ2) is 10.3. The maximum Gasteiger partial charge on any atom is 0.191 e. The van der Waals surface area contributed by atoms with Crippen LogP contribution >= 0.6 is 24.0 Å². The zero-order valence-electron chi connectivity index (χ0n) is 14.0. The van der Waals surface area contributed by atoms with Gasteiger partial charge in [-0.1, -0.05) is 25.1 Å². The maximum atomic E-state index is 4.70. The predicted octanol–water partition coefficient (Wildman–Crippen LogP) is 3.34. The number of halogens is 1. The average Bonchev–Trinajstić information content (AvgIpc) is 3.07. The number of guanidine groups is 1. The van der Waals surface area contributed by atoms with Gasteiger partial charge in [-0.2, -0.15) is 0 Å². The predicted molar refractivity (Wildman–Crippen MR) is 107 cm³/mol. The number of aliphatic imine (C=N–C) groups is 1. The molecule has 1 heterocycles. The van der Waals surface area contributed by atoms with Crippen LogP contribution in [0.3, 0.4) is 0 Å². The van der Waals surface area contributed by atoms with Crippen molar-refractivity contribution in [3.8, 4) is 5.69 Å². The van der Waals surface area contributed by atoms with Crippen molar-refractivity contribution in [1.29, 1.82) is 0 Å². The van der Waals surface area contributed by atoms with Gasteiger partial charge in [-0.05, 0) is 31.9 Å². The Kier molecular flexibility index (Phi) is 8.68. The molecular formula is C17H26IN5. The summed E-state index contributed by atoms with van der Waals surface area (Å²) in [6.07, 6.45) is 6.61. The Hall–Kier alpha value is -1.57. The molecule has 0 fully saturated rings. The first-order valence-corrected chi connectivity index (χ1v) is 7.85. The lowest BCUT2D eigenvalue weighted by atomic mass is 10.2. The molecule has 1 unspecified atom stereocenters. The zero-order valence-corrected chi connectivity index (χ0v) is 16.3. The third kappa shape index (κ3) is 5.85. The standard InChI is InChI=1S/C17H25N5.HI/c1-4-14(3)21-17(19-5-2)20-12-15-8-6-7-9-16(15)22-11-10-18-13-22;/h6-11,13-14H,4-5,12H2,1-3H3,(H2,19,20,21);1H. The van der Waals surface area contributed by atoms with E-state index in [-0.39, 0.29) is 24.0 Å². The average molecular weight is 427 g/mol. The first-order valence-electron chi connectivity index (χ1n) is 7.85. The lowest BCUT2D eigenvalue weighted by Gasteiger charge is -2.16. The van der Waals surface area contributed by atoms with Crippen LogP contribution in [0.5, 0.6) is 0 Å². The van der Waals surface area contributed by atoms with Gasteiger partial charge in [0.1, 0.15) is 0 Å². The van der Waals surface area contributed by atoms with E-state index >= 15 is 0 Å². The summed E-state index contributed by atoms with van der Waals surface area (Å²) < 4.78 is 2.01. The van der Waals surface area contributed by atoms with E-state index in [4.69, 9.17) is 4.99 Å². The summed E-state index contributed by atoms with van der Waals surface area (Å²) in [4.78, 5) is 8.82. The van der Waals surface area contributed by atoms with Gasteiger partial charge in [0.05, 0.1) is 18.6 Å². The number of aromatic nitrogens is 2. The minimum Gasteiger partial charge on any atom is -0.357 e. The molecule has 2 aromatic rings. The Balaban J connectivity index is 0.00000264. The molecule has 1 aromatic carbocycles. The van der Waals surface area contributed by atoms with Crippen molar-refractivity contribution in [2.75, 3.05) is 6.54 Å². The van der Waals surface area contributed by atoms with E-state index in [1.165, 1.54) is 5.56 Å². The van der Waals surface area contributed by atoms with Crippen molar-refractivity contribution in [1.82, 2.24) is 20.2 Å². The Morgan fingerprint density at radius 2 is 2.09 bits per heavy atom. The Morgan fingerprint density at radius 3 is 2.74 bits per heavy atom. The molecule has 2 N–H and O–H groups in total. The van der Waals surface area contributed by atoms with Crippen LogP contribution in [-0.2, 0) is 6.54 Å². The van der Waals surface area contributed by atoms with E-state index in [2.05, 4.69) is 48.5 Å². The van der Waals surface area contributed by atoms with Gasteiger partial charge in [-0.25, -0.2) is 9.98 Å². The number of para-hydroxylation sites is 1. The minimum absolute atomic E-state index is 0. The summed E-state index contributed by atoms with van der Waals surface area (Å²) in [5, 5.41) is 6.70. The van der Waals surface area contributed by atoms with Crippen LogP contribution < -0.4 is 10.6 Å². The third-order valence-corrected chi connectivity index (χ3v) is 3.52. The first-order chi connectivity index (χ1) is 10.7. The summed E-state index contributed by atoms with van der Waals surface area (Å²) in [5.41, 5.74) is 2.28. The molecule has 0 amide bonds. The van der Waals surface area contributed by atoms with Crippen LogP contribution in [0.15, 0.2) is 48.0 Å². The number of hydrogen-bond donors (Lipinski definition) is 2. The van der Waals surface area contributed by atoms with E-state index in [1.54, 1.807) is 6.20 Å². The van der Waals surface area contributed by atoms with E-state index in [1.807, 2.05) is 29.2 Å². The largest absolute Gasteiger partial charge is 0.357 e. The van der Waals surface area contributed by atoms with Crippen molar-refractivity contribution in [3.63, 3.8) is 0 Å². The number of nitrogens with zero attached hydrogens (tertiary/aromatic N) is 3. The second-order valence-corrected chi connectivity index (χ2v) is 5.25. The fourth-order valence-corrected chi connectivity index (χ4v) is 2.12. The molecule has 0 aliphatic rings. The van der Waals surface area contributed by atoms with E-state index < -0.39 is 0 Å². The van der Waals surface area contributed by atoms with Gasteiger partial charge in [0.2, 0.25) is 0 Å². The summed E-state index contributed by atoms with van der Waals surface area (Å²) in [5.74, 6) is 0.859. The highest BCUT2D eigenvalue weighted by Crippen LogP contribution is 2.15. The molecule has 23 heavy (non-hydrogen) atoms. The molecule has 126 valence electrons.